The lowest BCUT2D eigenvalue weighted by molar-refractivity contribution is 0.304. The SMILES string of the molecule is O=c1c2ccccc2nc(-c2ccccc2)n1N=Cc1ccc(OCc2ccc(Cl)cc2Cl)c(I)c1. The molecule has 1 heterocycles. The molecule has 0 N–H and O–H groups in total. The molecule has 0 aliphatic heterocycles. The molecule has 5 aromatic rings. The Kier molecular flexibility index (Phi) is 7.36. The van der Waals surface area contributed by atoms with E-state index in [1.165, 1.54) is 4.68 Å². The summed E-state index contributed by atoms with van der Waals surface area (Å²) < 4.78 is 8.20. The standard InChI is InChI=1S/C28H18Cl2IN3O2/c29-21-12-11-20(23(30)15-21)17-36-26-13-10-18(14-24(26)31)16-32-34-27(19-6-2-1-3-7-19)33-25-9-5-4-8-22(25)28(34)35/h1-16H,17H2. The van der Waals surface area contributed by atoms with Crippen molar-refractivity contribution in [3.63, 3.8) is 0 Å². The van der Waals surface area contributed by atoms with E-state index < -0.39 is 0 Å². The molecule has 4 aromatic carbocycles. The zero-order valence-electron chi connectivity index (χ0n) is 18.7. The second-order valence-corrected chi connectivity index (χ2v) is 9.90. The highest BCUT2D eigenvalue weighted by atomic mass is 127. The number of para-hydroxylation sites is 1. The number of ether oxygens (including phenoxy) is 1. The minimum absolute atomic E-state index is 0.231. The molecule has 5 rings (SSSR count). The van der Waals surface area contributed by atoms with Crippen molar-refractivity contribution in [3.05, 3.63) is 126 Å². The summed E-state index contributed by atoms with van der Waals surface area (Å²) in [6.45, 7) is 0.317. The van der Waals surface area contributed by atoms with Crippen LogP contribution in [0.1, 0.15) is 11.1 Å². The summed E-state index contributed by atoms with van der Waals surface area (Å²) in [4.78, 5) is 18.0. The van der Waals surface area contributed by atoms with Crippen LogP contribution >= 0.6 is 45.8 Å². The fourth-order valence-electron chi connectivity index (χ4n) is 3.64. The fraction of sp³-hybridized carbons (Fsp3) is 0.0357. The van der Waals surface area contributed by atoms with Crippen molar-refractivity contribution in [1.29, 1.82) is 0 Å². The van der Waals surface area contributed by atoms with Gasteiger partial charge in [-0.1, -0.05) is 71.7 Å². The first-order chi connectivity index (χ1) is 17.5. The van der Waals surface area contributed by atoms with Gasteiger partial charge in [0.05, 0.1) is 20.7 Å². The van der Waals surface area contributed by atoms with Gasteiger partial charge in [0.1, 0.15) is 12.4 Å². The number of halogens is 3. The summed E-state index contributed by atoms with van der Waals surface area (Å²) in [6.07, 6.45) is 1.65. The summed E-state index contributed by atoms with van der Waals surface area (Å²) >= 11 is 14.4. The maximum atomic E-state index is 13.3. The molecular weight excluding hydrogens is 608 g/mol. The number of aromatic nitrogens is 2. The molecule has 0 aliphatic carbocycles. The van der Waals surface area contributed by atoms with E-state index in [-0.39, 0.29) is 5.56 Å². The topological polar surface area (TPSA) is 56.5 Å². The van der Waals surface area contributed by atoms with E-state index in [0.29, 0.717) is 39.1 Å². The minimum atomic E-state index is -0.231. The van der Waals surface area contributed by atoms with Crippen molar-refractivity contribution < 1.29 is 4.74 Å². The van der Waals surface area contributed by atoms with Gasteiger partial charge in [0.15, 0.2) is 5.82 Å². The first-order valence-electron chi connectivity index (χ1n) is 11.0. The van der Waals surface area contributed by atoms with E-state index in [2.05, 4.69) is 27.7 Å². The van der Waals surface area contributed by atoms with Gasteiger partial charge < -0.3 is 4.74 Å². The van der Waals surface area contributed by atoms with Crippen molar-refractivity contribution in [3.8, 4) is 17.1 Å². The molecule has 1 aromatic heterocycles. The highest BCUT2D eigenvalue weighted by Crippen LogP contribution is 2.26. The lowest BCUT2D eigenvalue weighted by atomic mass is 10.2. The second kappa shape index (κ2) is 10.8. The average molecular weight is 626 g/mol. The van der Waals surface area contributed by atoms with Gasteiger partial charge in [-0.2, -0.15) is 9.78 Å². The van der Waals surface area contributed by atoms with Crippen LogP contribution in [0.3, 0.4) is 0 Å². The van der Waals surface area contributed by atoms with E-state index in [1.54, 1.807) is 24.4 Å². The monoisotopic (exact) mass is 625 g/mol. The lowest BCUT2D eigenvalue weighted by Crippen LogP contribution is -2.20. The number of hydrogen-bond donors (Lipinski definition) is 0. The van der Waals surface area contributed by atoms with Gasteiger partial charge >= 0.3 is 0 Å². The van der Waals surface area contributed by atoms with Crippen LogP contribution in [0.25, 0.3) is 22.3 Å². The molecule has 0 unspecified atom stereocenters. The smallest absolute Gasteiger partial charge is 0.282 e. The van der Waals surface area contributed by atoms with E-state index in [1.807, 2.05) is 72.8 Å². The third-order valence-corrected chi connectivity index (χ3v) is 6.89. The molecule has 178 valence electrons. The third-order valence-electron chi connectivity index (χ3n) is 5.46. The van der Waals surface area contributed by atoms with Crippen molar-refractivity contribution >= 4 is 62.9 Å². The summed E-state index contributed by atoms with van der Waals surface area (Å²) in [5.41, 5.74) is 2.86. The maximum absolute atomic E-state index is 13.3. The van der Waals surface area contributed by atoms with Crippen LogP contribution in [0.15, 0.2) is 101 Å². The maximum Gasteiger partial charge on any atom is 0.282 e. The van der Waals surface area contributed by atoms with Crippen LogP contribution in [0, 0.1) is 3.57 Å². The van der Waals surface area contributed by atoms with E-state index in [0.717, 1.165) is 20.3 Å². The number of rotatable bonds is 6. The summed E-state index contributed by atoms with van der Waals surface area (Å²) in [6, 6.07) is 27.8. The quantitative estimate of drug-likeness (QED) is 0.146. The first-order valence-corrected chi connectivity index (χ1v) is 12.8. The zero-order chi connectivity index (χ0) is 25.1. The van der Waals surface area contributed by atoms with Gasteiger partial charge in [-0.15, -0.1) is 0 Å². The van der Waals surface area contributed by atoms with Gasteiger partial charge in [-0.3, -0.25) is 4.79 Å². The molecule has 0 fully saturated rings. The van der Waals surface area contributed by atoms with Crippen molar-refractivity contribution in [2.75, 3.05) is 0 Å². The Morgan fingerprint density at radius 3 is 2.50 bits per heavy atom. The van der Waals surface area contributed by atoms with Crippen LogP contribution in [-0.4, -0.2) is 15.9 Å². The molecule has 8 heteroatoms. The number of fused-ring (bicyclic) bond motifs is 1. The summed E-state index contributed by atoms with van der Waals surface area (Å²) in [7, 11) is 0. The molecule has 36 heavy (non-hydrogen) atoms. The van der Waals surface area contributed by atoms with Crippen LogP contribution in [0.2, 0.25) is 10.0 Å². The van der Waals surface area contributed by atoms with Crippen molar-refractivity contribution in [2.45, 2.75) is 6.61 Å². The Bertz CT molecular complexity index is 1650. The van der Waals surface area contributed by atoms with Gasteiger partial charge in [0, 0.05) is 21.2 Å². The predicted octanol–water partition coefficient (Wildman–Crippen LogP) is 7.44. The van der Waals surface area contributed by atoms with E-state index >= 15 is 0 Å². The second-order valence-electron chi connectivity index (χ2n) is 7.89. The number of nitrogens with zero attached hydrogens (tertiary/aromatic N) is 3. The van der Waals surface area contributed by atoms with Crippen LogP contribution in [-0.2, 0) is 6.61 Å². The molecule has 0 aliphatic rings. The third kappa shape index (κ3) is 5.31. The van der Waals surface area contributed by atoms with Crippen molar-refractivity contribution in [2.24, 2.45) is 5.10 Å². The molecule has 0 radical (unpaired) electrons. The molecule has 0 saturated heterocycles. The highest BCUT2D eigenvalue weighted by molar-refractivity contribution is 14.1. The Labute approximate surface area is 231 Å². The van der Waals surface area contributed by atoms with Gasteiger partial charge in [0.25, 0.3) is 5.56 Å². The predicted molar refractivity (Wildman–Crippen MR) is 154 cm³/mol. The Hall–Kier alpha value is -3.20. The molecule has 0 atom stereocenters. The molecule has 0 bridgehead atoms. The molecule has 5 nitrogen and oxygen atoms in total. The Morgan fingerprint density at radius 1 is 0.944 bits per heavy atom. The van der Waals surface area contributed by atoms with Gasteiger partial charge in [-0.25, -0.2) is 4.98 Å². The Balaban J connectivity index is 1.45. The molecular formula is C28H18Cl2IN3O2. The first kappa shape index (κ1) is 24.5. The molecule has 0 saturated carbocycles. The largest absolute Gasteiger partial charge is 0.488 e. The van der Waals surface area contributed by atoms with Gasteiger partial charge in [0.2, 0.25) is 0 Å². The molecule has 0 amide bonds. The average Bonchev–Trinajstić information content (AvgIpc) is 2.89. The fourth-order valence-corrected chi connectivity index (χ4v) is 4.80. The van der Waals surface area contributed by atoms with Crippen LogP contribution in [0.5, 0.6) is 5.75 Å². The normalized spacial score (nSPS) is 11.3. The lowest BCUT2D eigenvalue weighted by Gasteiger charge is -2.11. The van der Waals surface area contributed by atoms with E-state index in [9.17, 15) is 4.79 Å². The van der Waals surface area contributed by atoms with Gasteiger partial charge in [-0.05, 0) is 70.6 Å². The summed E-state index contributed by atoms with van der Waals surface area (Å²) in [5, 5.41) is 6.18. The van der Waals surface area contributed by atoms with Crippen LogP contribution < -0.4 is 10.3 Å². The van der Waals surface area contributed by atoms with Crippen LogP contribution in [0.4, 0.5) is 0 Å². The Morgan fingerprint density at radius 2 is 1.72 bits per heavy atom. The molecule has 0 spiro atoms. The zero-order valence-corrected chi connectivity index (χ0v) is 22.4. The number of hydrogen-bond acceptors (Lipinski definition) is 4. The minimum Gasteiger partial charge on any atom is -0.488 e. The summed E-state index contributed by atoms with van der Waals surface area (Å²) in [5.74, 6) is 1.19. The highest BCUT2D eigenvalue weighted by Gasteiger charge is 2.12. The van der Waals surface area contributed by atoms with E-state index in [4.69, 9.17) is 32.9 Å². The van der Waals surface area contributed by atoms with Crippen molar-refractivity contribution in [1.82, 2.24) is 9.66 Å². The number of benzene rings is 4.